The van der Waals surface area contributed by atoms with E-state index in [1.165, 1.54) is 16.2 Å². The number of fused-ring (bicyclic) bond motifs is 1. The Morgan fingerprint density at radius 1 is 1.29 bits per heavy atom. The molecule has 7 nitrogen and oxygen atoms in total. The van der Waals surface area contributed by atoms with E-state index in [0.29, 0.717) is 28.6 Å². The van der Waals surface area contributed by atoms with Crippen LogP contribution in [0.25, 0.3) is 10.2 Å². The summed E-state index contributed by atoms with van der Waals surface area (Å²) in [5.41, 5.74) is 0.623. The molecule has 2 aromatic heterocycles. The maximum atomic E-state index is 13.2. The summed E-state index contributed by atoms with van der Waals surface area (Å²) >= 11 is 1.30. The molecule has 3 aromatic rings. The predicted octanol–water partition coefficient (Wildman–Crippen LogP) is 4.61. The summed E-state index contributed by atoms with van der Waals surface area (Å²) < 4.78 is 6.40. The van der Waals surface area contributed by atoms with E-state index in [-0.39, 0.29) is 11.4 Å². The third-order valence-electron chi connectivity index (χ3n) is 5.00. The van der Waals surface area contributed by atoms with Crippen LogP contribution in [-0.4, -0.2) is 33.4 Å². The van der Waals surface area contributed by atoms with E-state index in [4.69, 9.17) is 4.74 Å². The molecule has 1 N–H and O–H groups in total. The fraction of sp³-hybridized carbons (Fsp3) is 0.304. The highest BCUT2D eigenvalue weighted by atomic mass is 32.1. The Hall–Kier alpha value is -3.26. The lowest BCUT2D eigenvalue weighted by atomic mass is 9.82. The van der Waals surface area contributed by atoms with Crippen LogP contribution in [-0.2, 0) is 9.59 Å². The number of nitrogens with zero attached hydrogens (tertiary/aromatic N) is 3. The van der Waals surface area contributed by atoms with Crippen molar-refractivity contribution in [2.24, 2.45) is 5.41 Å². The summed E-state index contributed by atoms with van der Waals surface area (Å²) in [7, 11) is 0. The average molecular weight is 438 g/mol. The number of carbonyl (C=O) groups excluding carboxylic acids is 2. The van der Waals surface area contributed by atoms with E-state index in [1.807, 2.05) is 25.1 Å². The van der Waals surface area contributed by atoms with Crippen LogP contribution in [0.3, 0.4) is 0 Å². The largest absolute Gasteiger partial charge is 0.503 e. The van der Waals surface area contributed by atoms with Crippen LogP contribution in [0.1, 0.15) is 39.3 Å². The quantitative estimate of drug-likeness (QED) is 0.627. The molecule has 0 aliphatic carbocycles. The molecule has 1 unspecified atom stereocenters. The van der Waals surface area contributed by atoms with Gasteiger partial charge < -0.3 is 9.84 Å². The zero-order chi connectivity index (χ0) is 22.3. The van der Waals surface area contributed by atoms with Crippen molar-refractivity contribution in [2.45, 2.75) is 33.7 Å². The van der Waals surface area contributed by atoms with Gasteiger partial charge in [-0.3, -0.25) is 19.5 Å². The van der Waals surface area contributed by atoms with Gasteiger partial charge >= 0.3 is 0 Å². The van der Waals surface area contributed by atoms with Crippen molar-refractivity contribution >= 4 is 38.4 Å². The molecule has 160 valence electrons. The lowest BCUT2D eigenvalue weighted by Crippen LogP contribution is -2.32. The van der Waals surface area contributed by atoms with Gasteiger partial charge in [0, 0.05) is 17.8 Å². The van der Waals surface area contributed by atoms with Crippen LogP contribution in [0.15, 0.2) is 54.1 Å². The number of amides is 1. The first kappa shape index (κ1) is 21.0. The number of rotatable bonds is 5. The standard InChI is InChI=1S/C23H23N3O4S/c1-5-30-14-8-9-15-16(11-14)31-22(25-15)26-18(13-7-6-10-24-12-13)17(19(27)21(26)29)20(28)23(2,3)4/h6-12,18,27H,5H2,1-4H3. The van der Waals surface area contributed by atoms with E-state index in [1.54, 1.807) is 45.3 Å². The Morgan fingerprint density at radius 3 is 2.71 bits per heavy atom. The molecule has 3 heterocycles. The van der Waals surface area contributed by atoms with E-state index in [2.05, 4.69) is 9.97 Å². The first-order valence-electron chi connectivity index (χ1n) is 9.97. The second-order valence-corrected chi connectivity index (χ2v) is 9.27. The number of anilines is 1. The molecule has 4 rings (SSSR count). The highest BCUT2D eigenvalue weighted by Crippen LogP contribution is 2.45. The SMILES string of the molecule is CCOc1ccc2nc(N3C(=O)C(O)=C(C(=O)C(C)(C)C)C3c3cccnc3)sc2c1. The number of hydrogen-bond acceptors (Lipinski definition) is 7. The molecule has 1 atom stereocenters. The van der Waals surface area contributed by atoms with E-state index >= 15 is 0 Å². The monoisotopic (exact) mass is 437 g/mol. The number of ether oxygens (including phenoxy) is 1. The number of ketones is 1. The molecule has 1 aromatic carbocycles. The summed E-state index contributed by atoms with van der Waals surface area (Å²) in [6, 6.07) is 8.23. The zero-order valence-electron chi connectivity index (χ0n) is 17.7. The van der Waals surface area contributed by atoms with Gasteiger partial charge in [-0.1, -0.05) is 38.2 Å². The maximum Gasteiger partial charge on any atom is 0.296 e. The fourth-order valence-corrected chi connectivity index (χ4v) is 4.56. The van der Waals surface area contributed by atoms with Gasteiger partial charge in [-0.05, 0) is 36.8 Å². The van der Waals surface area contributed by atoms with Crippen molar-refractivity contribution in [2.75, 3.05) is 11.5 Å². The Balaban J connectivity index is 1.86. The van der Waals surface area contributed by atoms with Gasteiger partial charge in [0.05, 0.1) is 28.4 Å². The molecule has 8 heteroatoms. The van der Waals surface area contributed by atoms with Crippen LogP contribution in [0.4, 0.5) is 5.13 Å². The van der Waals surface area contributed by atoms with E-state index < -0.39 is 23.1 Å². The number of aliphatic hydroxyl groups is 1. The van der Waals surface area contributed by atoms with Crippen molar-refractivity contribution in [3.05, 3.63) is 59.6 Å². The molecular formula is C23H23N3O4S. The number of aromatic nitrogens is 2. The van der Waals surface area contributed by atoms with Crippen molar-refractivity contribution in [3.63, 3.8) is 0 Å². The number of carbonyl (C=O) groups is 2. The van der Waals surface area contributed by atoms with Gasteiger partial charge in [-0.25, -0.2) is 4.98 Å². The average Bonchev–Trinajstić information content (AvgIpc) is 3.26. The van der Waals surface area contributed by atoms with Crippen LogP contribution in [0, 0.1) is 5.41 Å². The molecule has 1 aliphatic heterocycles. The summed E-state index contributed by atoms with van der Waals surface area (Å²) in [4.78, 5) is 36.5. The molecule has 0 radical (unpaired) electrons. The van der Waals surface area contributed by atoms with Gasteiger partial charge in [-0.2, -0.15) is 0 Å². The molecule has 0 saturated carbocycles. The number of aliphatic hydroxyl groups excluding tert-OH is 1. The van der Waals surface area contributed by atoms with Crippen LogP contribution in [0.2, 0.25) is 0 Å². The molecule has 1 amide bonds. The summed E-state index contributed by atoms with van der Waals surface area (Å²) in [6.07, 6.45) is 3.21. The Labute approximate surface area is 184 Å². The topological polar surface area (TPSA) is 92.6 Å². The highest BCUT2D eigenvalue weighted by molar-refractivity contribution is 7.22. The minimum atomic E-state index is -0.806. The summed E-state index contributed by atoms with van der Waals surface area (Å²) in [5, 5.41) is 11.1. The first-order chi connectivity index (χ1) is 14.7. The highest BCUT2D eigenvalue weighted by Gasteiger charge is 2.47. The van der Waals surface area contributed by atoms with Crippen LogP contribution < -0.4 is 9.64 Å². The van der Waals surface area contributed by atoms with Gasteiger partial charge in [0.2, 0.25) is 0 Å². The minimum Gasteiger partial charge on any atom is -0.503 e. The number of thiazole rings is 1. The molecular weight excluding hydrogens is 414 g/mol. The summed E-state index contributed by atoms with van der Waals surface area (Å²) in [6.45, 7) is 7.73. The predicted molar refractivity (Wildman–Crippen MR) is 119 cm³/mol. The first-order valence-corrected chi connectivity index (χ1v) is 10.8. The van der Waals surface area contributed by atoms with Gasteiger partial charge in [0.1, 0.15) is 5.75 Å². The fourth-order valence-electron chi connectivity index (χ4n) is 3.54. The molecule has 0 spiro atoms. The number of pyridine rings is 1. The van der Waals surface area contributed by atoms with E-state index in [9.17, 15) is 14.7 Å². The third kappa shape index (κ3) is 3.67. The van der Waals surface area contributed by atoms with Crippen LogP contribution >= 0.6 is 11.3 Å². The lowest BCUT2D eigenvalue weighted by molar-refractivity contribution is -0.123. The minimum absolute atomic E-state index is 0.0692. The van der Waals surface area contributed by atoms with Crippen molar-refractivity contribution in [1.29, 1.82) is 0 Å². The molecule has 0 bridgehead atoms. The Kier molecular flexibility index (Phi) is 5.26. The number of benzene rings is 1. The Morgan fingerprint density at radius 2 is 2.06 bits per heavy atom. The third-order valence-corrected chi connectivity index (χ3v) is 6.02. The van der Waals surface area contributed by atoms with Gasteiger partial charge in [0.15, 0.2) is 16.7 Å². The molecule has 0 fully saturated rings. The van der Waals surface area contributed by atoms with Crippen molar-refractivity contribution < 1.29 is 19.4 Å². The normalized spacial score (nSPS) is 17.0. The summed E-state index contributed by atoms with van der Waals surface area (Å²) in [5.74, 6) is -0.769. The zero-order valence-corrected chi connectivity index (χ0v) is 18.6. The van der Waals surface area contributed by atoms with E-state index in [0.717, 1.165) is 4.70 Å². The van der Waals surface area contributed by atoms with Crippen molar-refractivity contribution in [1.82, 2.24) is 9.97 Å². The Bertz CT molecular complexity index is 1190. The molecule has 1 aliphatic rings. The molecule has 31 heavy (non-hydrogen) atoms. The van der Waals surface area contributed by atoms with Crippen LogP contribution in [0.5, 0.6) is 5.75 Å². The van der Waals surface area contributed by atoms with Gasteiger partial charge in [0.25, 0.3) is 5.91 Å². The van der Waals surface area contributed by atoms with Crippen molar-refractivity contribution in [3.8, 4) is 5.75 Å². The number of hydrogen-bond donors (Lipinski definition) is 1. The molecule has 0 saturated heterocycles. The number of Topliss-reactive ketones (excluding diaryl/α,β-unsaturated/α-hetero) is 1. The smallest absolute Gasteiger partial charge is 0.296 e. The second-order valence-electron chi connectivity index (χ2n) is 8.26. The second kappa shape index (κ2) is 7.77. The van der Waals surface area contributed by atoms with Gasteiger partial charge in [-0.15, -0.1) is 0 Å². The maximum absolute atomic E-state index is 13.2. The lowest BCUT2D eigenvalue weighted by Gasteiger charge is -2.26.